The van der Waals surface area contributed by atoms with Gasteiger partial charge in [-0.05, 0) is 41.4 Å². The number of halogens is 1. The summed E-state index contributed by atoms with van der Waals surface area (Å²) in [6.45, 7) is 4.57. The van der Waals surface area contributed by atoms with Crippen molar-refractivity contribution in [2.75, 3.05) is 18.0 Å². The maximum atomic E-state index is 4.34. The first-order valence-electron chi connectivity index (χ1n) is 4.98. The number of piperidine rings is 1. The highest BCUT2D eigenvalue weighted by Gasteiger charge is 2.18. The summed E-state index contributed by atoms with van der Waals surface area (Å²) < 4.78 is 1.15. The predicted molar refractivity (Wildman–Crippen MR) is 65.4 cm³/mol. The number of nitrogens with zero attached hydrogens (tertiary/aromatic N) is 3. The molecule has 0 saturated carbocycles. The van der Waals surface area contributed by atoms with Gasteiger partial charge in [0.25, 0.3) is 0 Å². The Balaban J connectivity index is 2.18. The molecule has 0 aromatic carbocycles. The number of hydrogen-bond acceptors (Lipinski definition) is 3. The van der Waals surface area contributed by atoms with E-state index in [4.69, 9.17) is 0 Å². The molecule has 3 nitrogen and oxygen atoms in total. The van der Waals surface area contributed by atoms with Gasteiger partial charge in [0.2, 0.25) is 0 Å². The molecule has 0 amide bonds. The van der Waals surface area contributed by atoms with Crippen molar-refractivity contribution < 1.29 is 0 Å². The van der Waals surface area contributed by atoms with Crippen LogP contribution < -0.4 is 4.90 Å². The monoisotopic (exact) mass is 303 g/mol. The minimum Gasteiger partial charge on any atom is -0.355 e. The van der Waals surface area contributed by atoms with E-state index in [0.717, 1.165) is 28.4 Å². The molecule has 1 fully saturated rings. The van der Waals surface area contributed by atoms with Crippen LogP contribution in [0, 0.1) is 9.49 Å². The van der Waals surface area contributed by atoms with Crippen molar-refractivity contribution >= 4 is 28.4 Å². The Morgan fingerprint density at radius 3 is 3.14 bits per heavy atom. The molecule has 0 radical (unpaired) electrons. The third-order valence-corrected chi connectivity index (χ3v) is 3.37. The zero-order valence-corrected chi connectivity index (χ0v) is 10.4. The second-order valence-electron chi connectivity index (χ2n) is 3.89. The van der Waals surface area contributed by atoms with Crippen molar-refractivity contribution in [1.82, 2.24) is 9.97 Å². The van der Waals surface area contributed by atoms with E-state index in [0.29, 0.717) is 0 Å². The Morgan fingerprint density at radius 1 is 1.57 bits per heavy atom. The molecular formula is C10H14IN3. The van der Waals surface area contributed by atoms with E-state index < -0.39 is 0 Å². The zero-order valence-electron chi connectivity index (χ0n) is 8.28. The summed E-state index contributed by atoms with van der Waals surface area (Å²) in [5.41, 5.74) is 0. The van der Waals surface area contributed by atoms with Crippen LogP contribution in [0.3, 0.4) is 0 Å². The smallest absolute Gasteiger partial charge is 0.145 e. The molecule has 2 rings (SSSR count). The van der Waals surface area contributed by atoms with E-state index in [2.05, 4.69) is 44.4 Å². The predicted octanol–water partition coefficient (Wildman–Crippen LogP) is 2.32. The van der Waals surface area contributed by atoms with Gasteiger partial charge in [-0.15, -0.1) is 0 Å². The number of anilines is 1. The summed E-state index contributed by atoms with van der Waals surface area (Å²) in [7, 11) is 0. The van der Waals surface area contributed by atoms with E-state index in [9.17, 15) is 0 Å². The molecule has 1 aromatic heterocycles. The van der Waals surface area contributed by atoms with Crippen LogP contribution in [0.5, 0.6) is 0 Å². The van der Waals surface area contributed by atoms with E-state index in [1.807, 2.05) is 6.20 Å². The fourth-order valence-electron chi connectivity index (χ4n) is 1.92. The maximum Gasteiger partial charge on any atom is 0.145 e. The van der Waals surface area contributed by atoms with Gasteiger partial charge in [-0.1, -0.05) is 6.92 Å². The van der Waals surface area contributed by atoms with Crippen LogP contribution in [0.1, 0.15) is 19.8 Å². The first kappa shape index (κ1) is 10.1. The minimum absolute atomic E-state index is 0.787. The lowest BCUT2D eigenvalue weighted by Gasteiger charge is -2.32. The number of aromatic nitrogens is 2. The van der Waals surface area contributed by atoms with Crippen LogP contribution in [0.25, 0.3) is 0 Å². The van der Waals surface area contributed by atoms with Crippen LogP contribution in [0.4, 0.5) is 5.82 Å². The quantitative estimate of drug-likeness (QED) is 0.746. The van der Waals surface area contributed by atoms with Gasteiger partial charge < -0.3 is 4.90 Å². The molecule has 0 spiro atoms. The molecular weight excluding hydrogens is 289 g/mol. The minimum atomic E-state index is 0.787. The topological polar surface area (TPSA) is 29.0 Å². The van der Waals surface area contributed by atoms with Gasteiger partial charge in [-0.25, -0.2) is 9.97 Å². The summed E-state index contributed by atoms with van der Waals surface area (Å²) in [6, 6.07) is 0. The average molecular weight is 303 g/mol. The van der Waals surface area contributed by atoms with Gasteiger partial charge in [0.15, 0.2) is 0 Å². The van der Waals surface area contributed by atoms with Crippen molar-refractivity contribution in [3.05, 3.63) is 16.1 Å². The lowest BCUT2D eigenvalue weighted by molar-refractivity contribution is 0.444. The Bertz CT molecular complexity index is 316. The molecule has 0 bridgehead atoms. The second kappa shape index (κ2) is 4.42. The molecule has 1 atom stereocenters. The molecule has 1 aliphatic rings. The Labute approximate surface area is 98.1 Å². The highest BCUT2D eigenvalue weighted by atomic mass is 127. The van der Waals surface area contributed by atoms with Gasteiger partial charge in [0, 0.05) is 19.3 Å². The summed E-state index contributed by atoms with van der Waals surface area (Å²) in [6.07, 6.45) is 6.14. The van der Waals surface area contributed by atoms with Crippen molar-refractivity contribution in [2.45, 2.75) is 19.8 Å². The molecule has 4 heteroatoms. The van der Waals surface area contributed by atoms with Gasteiger partial charge in [0.1, 0.15) is 12.1 Å². The van der Waals surface area contributed by atoms with Crippen LogP contribution in [0.2, 0.25) is 0 Å². The summed E-state index contributed by atoms with van der Waals surface area (Å²) in [4.78, 5) is 10.7. The lowest BCUT2D eigenvalue weighted by Crippen LogP contribution is -2.35. The van der Waals surface area contributed by atoms with Crippen LogP contribution in [-0.4, -0.2) is 23.1 Å². The first-order valence-corrected chi connectivity index (χ1v) is 6.05. The van der Waals surface area contributed by atoms with Gasteiger partial charge in [0.05, 0.1) is 3.57 Å². The van der Waals surface area contributed by atoms with E-state index >= 15 is 0 Å². The summed E-state index contributed by atoms with van der Waals surface area (Å²) >= 11 is 2.30. The van der Waals surface area contributed by atoms with E-state index in [-0.39, 0.29) is 0 Å². The average Bonchev–Trinajstić information content (AvgIpc) is 2.18. The van der Waals surface area contributed by atoms with Crippen molar-refractivity contribution in [3.63, 3.8) is 0 Å². The third-order valence-electron chi connectivity index (χ3n) is 2.60. The highest BCUT2D eigenvalue weighted by Crippen LogP contribution is 2.24. The van der Waals surface area contributed by atoms with E-state index in [1.165, 1.54) is 12.8 Å². The van der Waals surface area contributed by atoms with Crippen molar-refractivity contribution in [1.29, 1.82) is 0 Å². The molecule has 0 aliphatic carbocycles. The highest BCUT2D eigenvalue weighted by molar-refractivity contribution is 14.1. The lowest BCUT2D eigenvalue weighted by atomic mass is 10.0. The molecule has 0 N–H and O–H groups in total. The summed E-state index contributed by atoms with van der Waals surface area (Å²) in [5, 5.41) is 0. The van der Waals surface area contributed by atoms with Crippen LogP contribution >= 0.6 is 22.6 Å². The fraction of sp³-hybridized carbons (Fsp3) is 0.600. The first-order chi connectivity index (χ1) is 6.77. The molecule has 76 valence electrons. The van der Waals surface area contributed by atoms with Crippen molar-refractivity contribution in [2.24, 2.45) is 5.92 Å². The zero-order chi connectivity index (χ0) is 9.97. The van der Waals surface area contributed by atoms with Gasteiger partial charge in [-0.2, -0.15) is 0 Å². The van der Waals surface area contributed by atoms with Gasteiger partial charge in [-0.3, -0.25) is 0 Å². The third kappa shape index (κ3) is 2.16. The van der Waals surface area contributed by atoms with Gasteiger partial charge >= 0.3 is 0 Å². The SMILES string of the molecule is CC1CCCN(c2ncncc2I)C1. The Hall–Kier alpha value is -0.390. The Morgan fingerprint density at radius 2 is 2.43 bits per heavy atom. The standard InChI is InChI=1S/C10H14IN3/c1-8-3-2-4-14(6-8)10-9(11)5-12-7-13-10/h5,7-8H,2-4,6H2,1H3. The van der Waals surface area contributed by atoms with Crippen LogP contribution in [0.15, 0.2) is 12.5 Å². The van der Waals surface area contributed by atoms with E-state index in [1.54, 1.807) is 6.33 Å². The number of rotatable bonds is 1. The maximum absolute atomic E-state index is 4.34. The molecule has 1 aromatic rings. The molecule has 14 heavy (non-hydrogen) atoms. The molecule has 1 saturated heterocycles. The number of hydrogen-bond donors (Lipinski definition) is 0. The molecule has 2 heterocycles. The fourth-order valence-corrected chi connectivity index (χ4v) is 2.56. The largest absolute Gasteiger partial charge is 0.355 e. The molecule has 1 unspecified atom stereocenters. The normalized spacial score (nSPS) is 22.4. The summed E-state index contributed by atoms with van der Waals surface area (Å²) in [5.74, 6) is 1.89. The second-order valence-corrected chi connectivity index (χ2v) is 5.05. The molecule has 1 aliphatic heterocycles. The van der Waals surface area contributed by atoms with Crippen LogP contribution in [-0.2, 0) is 0 Å². The Kier molecular flexibility index (Phi) is 3.20. The van der Waals surface area contributed by atoms with Crippen molar-refractivity contribution in [3.8, 4) is 0 Å².